The summed E-state index contributed by atoms with van der Waals surface area (Å²) in [4.78, 5) is 42.2. The van der Waals surface area contributed by atoms with Crippen LogP contribution in [0, 0.1) is 0 Å². The maximum absolute atomic E-state index is 13.0. The van der Waals surface area contributed by atoms with Gasteiger partial charge in [-0.25, -0.2) is 0 Å². The summed E-state index contributed by atoms with van der Waals surface area (Å²) in [7, 11) is 0. The van der Waals surface area contributed by atoms with Gasteiger partial charge in [0.2, 0.25) is 5.91 Å². The van der Waals surface area contributed by atoms with Crippen molar-refractivity contribution in [2.75, 3.05) is 19.6 Å². The maximum atomic E-state index is 13.0. The number of amides is 3. The minimum atomic E-state index is -0.241. The fourth-order valence-corrected chi connectivity index (χ4v) is 5.69. The summed E-state index contributed by atoms with van der Waals surface area (Å²) in [6.45, 7) is 2.32. The van der Waals surface area contributed by atoms with Crippen LogP contribution >= 0.6 is 11.8 Å². The molecule has 1 aromatic heterocycles. The van der Waals surface area contributed by atoms with Gasteiger partial charge in [-0.05, 0) is 61.6 Å². The van der Waals surface area contributed by atoms with Crippen LogP contribution in [0.3, 0.4) is 0 Å². The molecule has 0 spiro atoms. The highest BCUT2D eigenvalue weighted by atomic mass is 32.2. The second kappa shape index (κ2) is 10.5. The van der Waals surface area contributed by atoms with Crippen molar-refractivity contribution >= 4 is 45.8 Å². The Hall–Kier alpha value is -3.32. The quantitative estimate of drug-likeness (QED) is 0.423. The summed E-state index contributed by atoms with van der Waals surface area (Å²) < 4.78 is 1.96. The predicted octanol–water partition coefficient (Wildman–Crippen LogP) is 5.32. The Balaban J connectivity index is 1.32. The summed E-state index contributed by atoms with van der Waals surface area (Å²) in [5.41, 5.74) is 3.00. The molecular formula is C28H29N3O3S. The van der Waals surface area contributed by atoms with Crippen LogP contribution < -0.4 is 0 Å². The number of hydrogen-bond donors (Lipinski definition) is 0. The molecule has 2 aliphatic rings. The number of aryl methyl sites for hydroxylation is 1. The molecule has 0 N–H and O–H groups in total. The number of likely N-dealkylation sites (tertiary alicyclic amines) is 1. The minimum Gasteiger partial charge on any atom is -0.341 e. The molecule has 0 atom stereocenters. The van der Waals surface area contributed by atoms with Gasteiger partial charge >= 0.3 is 0 Å². The Labute approximate surface area is 209 Å². The van der Waals surface area contributed by atoms with Crippen molar-refractivity contribution in [1.29, 1.82) is 0 Å². The maximum Gasteiger partial charge on any atom is 0.293 e. The first-order chi connectivity index (χ1) is 17.1. The Morgan fingerprint density at radius 1 is 0.943 bits per heavy atom. The predicted molar refractivity (Wildman–Crippen MR) is 140 cm³/mol. The Kier molecular flexibility index (Phi) is 7.04. The molecule has 2 fully saturated rings. The smallest absolute Gasteiger partial charge is 0.293 e. The number of piperidine rings is 1. The Morgan fingerprint density at radius 3 is 2.49 bits per heavy atom. The van der Waals surface area contributed by atoms with Crippen molar-refractivity contribution in [2.24, 2.45) is 0 Å². The van der Waals surface area contributed by atoms with Gasteiger partial charge in [0.25, 0.3) is 11.1 Å². The van der Waals surface area contributed by atoms with E-state index in [9.17, 15) is 14.4 Å². The minimum absolute atomic E-state index is 0.121. The van der Waals surface area contributed by atoms with E-state index in [1.807, 2.05) is 58.1 Å². The lowest BCUT2D eigenvalue weighted by Gasteiger charge is -2.27. The van der Waals surface area contributed by atoms with Crippen LogP contribution in [-0.4, -0.2) is 51.1 Å². The van der Waals surface area contributed by atoms with Crippen molar-refractivity contribution in [3.05, 3.63) is 76.8 Å². The molecule has 7 heteroatoms. The van der Waals surface area contributed by atoms with Crippen molar-refractivity contribution in [1.82, 2.24) is 14.4 Å². The first-order valence-corrected chi connectivity index (χ1v) is 13.1. The number of fused-ring (bicyclic) bond motifs is 1. The van der Waals surface area contributed by atoms with E-state index in [2.05, 4.69) is 12.1 Å². The van der Waals surface area contributed by atoms with E-state index in [0.717, 1.165) is 67.0 Å². The van der Waals surface area contributed by atoms with Crippen LogP contribution in [0.1, 0.15) is 36.8 Å². The van der Waals surface area contributed by atoms with Gasteiger partial charge in [0.1, 0.15) is 6.54 Å². The standard InChI is InChI=1S/C28H29N3O3S/c32-26(29-15-7-2-8-16-29)20-30-19-22(23-13-5-6-14-24(23)30)18-25-27(33)31(28(34)35-25)17-9-12-21-10-3-1-4-11-21/h1,3-6,10-11,13-14,18-19H,2,7-9,12,15-17,20H2/b25-18-. The van der Waals surface area contributed by atoms with Crippen LogP contribution in [0.5, 0.6) is 0 Å². The molecule has 2 aliphatic heterocycles. The molecule has 35 heavy (non-hydrogen) atoms. The monoisotopic (exact) mass is 487 g/mol. The van der Waals surface area contributed by atoms with Crippen molar-refractivity contribution in [2.45, 2.75) is 38.6 Å². The van der Waals surface area contributed by atoms with Gasteiger partial charge in [0, 0.05) is 42.3 Å². The molecule has 0 bridgehead atoms. The summed E-state index contributed by atoms with van der Waals surface area (Å²) in [5.74, 6) is -0.120. The van der Waals surface area contributed by atoms with Crippen molar-refractivity contribution < 1.29 is 14.4 Å². The molecule has 3 aromatic rings. The van der Waals surface area contributed by atoms with Crippen LogP contribution in [0.2, 0.25) is 0 Å². The Bertz CT molecular complexity index is 1280. The lowest BCUT2D eigenvalue weighted by Crippen LogP contribution is -2.37. The van der Waals surface area contributed by atoms with Crippen LogP contribution in [0.25, 0.3) is 17.0 Å². The second-order valence-corrected chi connectivity index (χ2v) is 10.1. The van der Waals surface area contributed by atoms with Crippen LogP contribution in [0.15, 0.2) is 65.7 Å². The number of rotatable bonds is 7. The molecule has 0 saturated carbocycles. The van der Waals surface area contributed by atoms with E-state index < -0.39 is 0 Å². The summed E-state index contributed by atoms with van der Waals surface area (Å²) in [5, 5.41) is 0.744. The van der Waals surface area contributed by atoms with Gasteiger partial charge in [0.05, 0.1) is 4.91 Å². The third-order valence-electron chi connectivity index (χ3n) is 6.68. The van der Waals surface area contributed by atoms with E-state index in [1.165, 1.54) is 16.9 Å². The third-order valence-corrected chi connectivity index (χ3v) is 7.59. The molecule has 2 saturated heterocycles. The summed E-state index contributed by atoms with van der Waals surface area (Å²) in [6, 6.07) is 18.0. The number of para-hydroxylation sites is 1. The van der Waals surface area contributed by atoms with Crippen molar-refractivity contribution in [3.63, 3.8) is 0 Å². The fourth-order valence-electron chi connectivity index (χ4n) is 4.83. The van der Waals surface area contributed by atoms with E-state index in [-0.39, 0.29) is 23.6 Å². The largest absolute Gasteiger partial charge is 0.341 e. The average Bonchev–Trinajstić information content (AvgIpc) is 3.37. The molecule has 0 unspecified atom stereocenters. The highest BCUT2D eigenvalue weighted by molar-refractivity contribution is 8.18. The zero-order valence-electron chi connectivity index (χ0n) is 19.7. The van der Waals surface area contributed by atoms with Gasteiger partial charge in [0.15, 0.2) is 0 Å². The van der Waals surface area contributed by atoms with Gasteiger partial charge < -0.3 is 9.47 Å². The molecule has 3 heterocycles. The second-order valence-electron chi connectivity index (χ2n) is 9.09. The van der Waals surface area contributed by atoms with E-state index in [0.29, 0.717) is 11.4 Å². The van der Waals surface area contributed by atoms with Crippen molar-refractivity contribution in [3.8, 4) is 0 Å². The normalized spacial score (nSPS) is 17.7. The zero-order valence-corrected chi connectivity index (χ0v) is 20.5. The summed E-state index contributed by atoms with van der Waals surface area (Å²) in [6.07, 6.45) is 8.58. The van der Waals surface area contributed by atoms with Crippen LogP contribution in [0.4, 0.5) is 4.79 Å². The average molecular weight is 488 g/mol. The number of benzene rings is 2. The van der Waals surface area contributed by atoms with Crippen LogP contribution in [-0.2, 0) is 22.6 Å². The zero-order chi connectivity index (χ0) is 24.2. The molecular weight excluding hydrogens is 458 g/mol. The SMILES string of the molecule is O=C(Cn1cc(/C=C2\SC(=O)N(CCCc3ccccc3)C2=O)c2ccccc21)N1CCCCC1. The number of nitrogens with zero attached hydrogens (tertiary/aromatic N) is 3. The number of imide groups is 1. The number of aromatic nitrogens is 1. The molecule has 3 amide bonds. The molecule has 0 radical (unpaired) electrons. The van der Waals surface area contributed by atoms with Gasteiger partial charge in [-0.1, -0.05) is 48.5 Å². The topological polar surface area (TPSA) is 62.6 Å². The molecule has 0 aliphatic carbocycles. The number of carbonyl (C=O) groups is 3. The first kappa shape index (κ1) is 23.4. The number of hydrogen-bond acceptors (Lipinski definition) is 4. The van der Waals surface area contributed by atoms with Gasteiger partial charge in [-0.2, -0.15) is 0 Å². The lowest BCUT2D eigenvalue weighted by molar-refractivity contribution is -0.132. The van der Waals surface area contributed by atoms with E-state index >= 15 is 0 Å². The highest BCUT2D eigenvalue weighted by Crippen LogP contribution is 2.34. The first-order valence-electron chi connectivity index (χ1n) is 12.2. The number of carbonyl (C=O) groups excluding carboxylic acids is 3. The Morgan fingerprint density at radius 2 is 1.69 bits per heavy atom. The van der Waals surface area contributed by atoms with E-state index in [4.69, 9.17) is 0 Å². The fraction of sp³-hybridized carbons (Fsp3) is 0.321. The molecule has 2 aromatic carbocycles. The van der Waals surface area contributed by atoms with E-state index in [1.54, 1.807) is 6.08 Å². The summed E-state index contributed by atoms with van der Waals surface area (Å²) >= 11 is 0.991. The third kappa shape index (κ3) is 5.20. The molecule has 5 rings (SSSR count). The highest BCUT2D eigenvalue weighted by Gasteiger charge is 2.34. The molecule has 180 valence electrons. The van der Waals surface area contributed by atoms with Gasteiger partial charge in [-0.3, -0.25) is 19.3 Å². The van der Waals surface area contributed by atoms with Gasteiger partial charge in [-0.15, -0.1) is 0 Å². The lowest BCUT2D eigenvalue weighted by atomic mass is 10.1. The molecule has 6 nitrogen and oxygen atoms in total. The number of thioether (sulfide) groups is 1.